The van der Waals surface area contributed by atoms with Crippen LogP contribution >= 0.6 is 0 Å². The standard InChI is InChI=1S/C17H17NO2/c1-2-20-13-7-5-6-12(10-13)11-15-14-8-3-4-9-16(14)18-17(15)19/h3-10,15H,2,11H2,1H3,(H,18,19)/t15-/m1/s1. The molecule has 20 heavy (non-hydrogen) atoms. The van der Waals surface area contributed by atoms with E-state index >= 15 is 0 Å². The number of amides is 1. The smallest absolute Gasteiger partial charge is 0.232 e. The number of para-hydroxylation sites is 1. The minimum absolute atomic E-state index is 0.0769. The van der Waals surface area contributed by atoms with Gasteiger partial charge in [0.15, 0.2) is 0 Å². The SMILES string of the molecule is CCOc1cccc(C[C@H]2C(=O)Nc3ccccc32)c1. The van der Waals surface area contributed by atoms with Gasteiger partial charge in [0.25, 0.3) is 0 Å². The van der Waals surface area contributed by atoms with Crippen molar-refractivity contribution in [2.75, 3.05) is 11.9 Å². The molecule has 1 heterocycles. The molecule has 0 bridgehead atoms. The molecule has 2 aromatic rings. The van der Waals surface area contributed by atoms with Gasteiger partial charge in [-0.15, -0.1) is 0 Å². The first kappa shape index (κ1) is 12.7. The maximum Gasteiger partial charge on any atom is 0.232 e. The van der Waals surface area contributed by atoms with Gasteiger partial charge >= 0.3 is 0 Å². The van der Waals surface area contributed by atoms with Crippen LogP contribution in [0.2, 0.25) is 0 Å². The Morgan fingerprint density at radius 2 is 2.00 bits per heavy atom. The van der Waals surface area contributed by atoms with Gasteiger partial charge in [-0.05, 0) is 42.7 Å². The van der Waals surface area contributed by atoms with E-state index in [1.54, 1.807) is 0 Å². The Balaban J connectivity index is 1.84. The normalized spacial score (nSPS) is 16.6. The van der Waals surface area contributed by atoms with Gasteiger partial charge in [0.1, 0.15) is 5.75 Å². The van der Waals surface area contributed by atoms with Crippen LogP contribution in [-0.2, 0) is 11.2 Å². The van der Waals surface area contributed by atoms with Crippen molar-refractivity contribution in [3.8, 4) is 5.75 Å². The third-order valence-electron chi connectivity index (χ3n) is 3.56. The van der Waals surface area contributed by atoms with Gasteiger partial charge in [0.05, 0.1) is 12.5 Å². The third kappa shape index (κ3) is 2.39. The molecule has 0 spiro atoms. The van der Waals surface area contributed by atoms with Gasteiger partial charge in [-0.2, -0.15) is 0 Å². The highest BCUT2D eigenvalue weighted by Crippen LogP contribution is 2.34. The number of carbonyl (C=O) groups excluding carboxylic acids is 1. The highest BCUT2D eigenvalue weighted by Gasteiger charge is 2.29. The maximum atomic E-state index is 12.1. The molecule has 1 atom stereocenters. The molecule has 1 aliphatic heterocycles. The molecule has 3 nitrogen and oxygen atoms in total. The van der Waals surface area contributed by atoms with E-state index in [1.807, 2.05) is 55.5 Å². The Labute approximate surface area is 118 Å². The first-order chi connectivity index (χ1) is 9.78. The lowest BCUT2D eigenvalue weighted by atomic mass is 9.93. The Bertz CT molecular complexity index is 636. The Hall–Kier alpha value is -2.29. The summed E-state index contributed by atoms with van der Waals surface area (Å²) >= 11 is 0. The minimum Gasteiger partial charge on any atom is -0.494 e. The van der Waals surface area contributed by atoms with E-state index in [9.17, 15) is 4.79 Å². The molecule has 1 aliphatic rings. The second-order valence-electron chi connectivity index (χ2n) is 4.91. The summed E-state index contributed by atoms with van der Waals surface area (Å²) in [4.78, 5) is 12.1. The van der Waals surface area contributed by atoms with Gasteiger partial charge in [0.2, 0.25) is 5.91 Å². The molecule has 1 N–H and O–H groups in total. The van der Waals surface area contributed by atoms with Crippen LogP contribution in [0.3, 0.4) is 0 Å². The number of carbonyl (C=O) groups is 1. The summed E-state index contributed by atoms with van der Waals surface area (Å²) in [5, 5.41) is 2.94. The van der Waals surface area contributed by atoms with Crippen molar-refractivity contribution in [1.82, 2.24) is 0 Å². The van der Waals surface area contributed by atoms with Crippen LogP contribution in [0.1, 0.15) is 24.0 Å². The van der Waals surface area contributed by atoms with E-state index in [0.29, 0.717) is 13.0 Å². The lowest BCUT2D eigenvalue weighted by Crippen LogP contribution is -2.14. The highest BCUT2D eigenvalue weighted by molar-refractivity contribution is 6.03. The summed E-state index contributed by atoms with van der Waals surface area (Å²) in [6.07, 6.45) is 0.698. The summed E-state index contributed by atoms with van der Waals surface area (Å²) in [6, 6.07) is 15.8. The number of rotatable bonds is 4. The van der Waals surface area contributed by atoms with Crippen molar-refractivity contribution in [2.24, 2.45) is 0 Å². The van der Waals surface area contributed by atoms with Crippen molar-refractivity contribution >= 4 is 11.6 Å². The van der Waals surface area contributed by atoms with E-state index in [1.165, 1.54) is 0 Å². The zero-order valence-corrected chi connectivity index (χ0v) is 11.4. The predicted octanol–water partition coefficient (Wildman–Crippen LogP) is 3.36. The second kappa shape index (κ2) is 5.37. The number of fused-ring (bicyclic) bond motifs is 1. The average Bonchev–Trinajstić information content (AvgIpc) is 2.76. The van der Waals surface area contributed by atoms with E-state index < -0.39 is 0 Å². The van der Waals surface area contributed by atoms with Crippen molar-refractivity contribution < 1.29 is 9.53 Å². The molecule has 2 aromatic carbocycles. The Kier molecular flexibility index (Phi) is 3.42. The average molecular weight is 267 g/mol. The zero-order valence-electron chi connectivity index (χ0n) is 11.4. The summed E-state index contributed by atoms with van der Waals surface area (Å²) in [5.74, 6) is 0.827. The maximum absolute atomic E-state index is 12.1. The zero-order chi connectivity index (χ0) is 13.9. The molecule has 0 saturated carbocycles. The first-order valence-electron chi connectivity index (χ1n) is 6.89. The second-order valence-corrected chi connectivity index (χ2v) is 4.91. The van der Waals surface area contributed by atoms with Crippen molar-refractivity contribution in [1.29, 1.82) is 0 Å². The molecule has 0 unspecified atom stereocenters. The van der Waals surface area contributed by atoms with Crippen molar-refractivity contribution in [2.45, 2.75) is 19.3 Å². The molecule has 0 saturated heterocycles. The molecule has 1 amide bonds. The molecule has 0 radical (unpaired) electrons. The minimum atomic E-state index is -0.108. The van der Waals surface area contributed by atoms with Crippen LogP contribution in [0.4, 0.5) is 5.69 Å². The van der Waals surface area contributed by atoms with Gasteiger partial charge in [-0.1, -0.05) is 30.3 Å². The Morgan fingerprint density at radius 3 is 2.85 bits per heavy atom. The number of benzene rings is 2. The molecular formula is C17H17NO2. The van der Waals surface area contributed by atoms with Gasteiger partial charge in [0, 0.05) is 5.69 Å². The number of nitrogens with one attached hydrogen (secondary N) is 1. The Morgan fingerprint density at radius 1 is 1.15 bits per heavy atom. The predicted molar refractivity (Wildman–Crippen MR) is 79.1 cm³/mol. The fourth-order valence-electron chi connectivity index (χ4n) is 2.64. The molecule has 3 rings (SSSR count). The largest absolute Gasteiger partial charge is 0.494 e. The topological polar surface area (TPSA) is 38.3 Å². The molecular weight excluding hydrogens is 250 g/mol. The van der Waals surface area contributed by atoms with Crippen LogP contribution in [-0.4, -0.2) is 12.5 Å². The third-order valence-corrected chi connectivity index (χ3v) is 3.56. The van der Waals surface area contributed by atoms with E-state index in [0.717, 1.165) is 22.6 Å². The molecule has 0 fully saturated rings. The quantitative estimate of drug-likeness (QED) is 0.922. The van der Waals surface area contributed by atoms with Gasteiger partial charge in [-0.25, -0.2) is 0 Å². The first-order valence-corrected chi connectivity index (χ1v) is 6.89. The lowest BCUT2D eigenvalue weighted by Gasteiger charge is -2.10. The van der Waals surface area contributed by atoms with E-state index in [4.69, 9.17) is 4.74 Å². The van der Waals surface area contributed by atoms with Crippen molar-refractivity contribution in [3.05, 3.63) is 59.7 Å². The van der Waals surface area contributed by atoms with Crippen LogP contribution in [0, 0.1) is 0 Å². The molecule has 0 aliphatic carbocycles. The fourth-order valence-corrected chi connectivity index (χ4v) is 2.64. The van der Waals surface area contributed by atoms with Crippen LogP contribution in [0.25, 0.3) is 0 Å². The summed E-state index contributed by atoms with van der Waals surface area (Å²) < 4.78 is 5.51. The molecule has 102 valence electrons. The number of hydrogen-bond donors (Lipinski definition) is 1. The number of ether oxygens (including phenoxy) is 1. The summed E-state index contributed by atoms with van der Waals surface area (Å²) in [7, 11) is 0. The lowest BCUT2D eigenvalue weighted by molar-refractivity contribution is -0.117. The molecule has 0 aromatic heterocycles. The highest BCUT2D eigenvalue weighted by atomic mass is 16.5. The van der Waals surface area contributed by atoms with Crippen LogP contribution < -0.4 is 10.1 Å². The van der Waals surface area contributed by atoms with Crippen LogP contribution in [0.5, 0.6) is 5.75 Å². The van der Waals surface area contributed by atoms with Crippen molar-refractivity contribution in [3.63, 3.8) is 0 Å². The van der Waals surface area contributed by atoms with Gasteiger partial charge < -0.3 is 10.1 Å². The fraction of sp³-hybridized carbons (Fsp3) is 0.235. The molecule has 3 heteroatoms. The van der Waals surface area contributed by atoms with E-state index in [2.05, 4.69) is 5.32 Å². The van der Waals surface area contributed by atoms with Gasteiger partial charge in [-0.3, -0.25) is 4.79 Å². The van der Waals surface area contributed by atoms with Crippen LogP contribution in [0.15, 0.2) is 48.5 Å². The van der Waals surface area contributed by atoms with E-state index in [-0.39, 0.29) is 11.8 Å². The number of hydrogen-bond acceptors (Lipinski definition) is 2. The summed E-state index contributed by atoms with van der Waals surface area (Å²) in [5.41, 5.74) is 3.13. The monoisotopic (exact) mass is 267 g/mol. The summed E-state index contributed by atoms with van der Waals surface area (Å²) in [6.45, 7) is 2.61. The number of anilines is 1.